The normalized spacial score (nSPS) is 17.2. The second-order valence-corrected chi connectivity index (χ2v) is 7.86. The minimum atomic E-state index is -4.40. The quantitative estimate of drug-likeness (QED) is 0.800. The number of carbonyl (C=O) groups is 2. The number of nitrogens with zero attached hydrogens (tertiary/aromatic N) is 3. The molecule has 31 heavy (non-hydrogen) atoms. The largest absolute Gasteiger partial charge is 0.416 e. The highest BCUT2D eigenvalue weighted by atomic mass is 19.4. The number of hydrogen-bond donors (Lipinski definition) is 1. The number of halogens is 3. The standard InChI is InChI=1S/C21H23F3N4O3/c1-31-12-18(29)28-10-15-17(11-28)25-26-19(15)20(30)27-8-6-13(7-9-27)14-4-2-3-5-16(14)21(22,23)24/h2-5,13H,6-12H2,1H3,(H,25,26). The molecule has 7 nitrogen and oxygen atoms in total. The number of carbonyl (C=O) groups excluding carboxylic acids is 2. The highest BCUT2D eigenvalue weighted by molar-refractivity contribution is 5.94. The van der Waals surface area contributed by atoms with E-state index in [2.05, 4.69) is 10.2 Å². The van der Waals surface area contributed by atoms with E-state index in [1.807, 2.05) is 0 Å². The summed E-state index contributed by atoms with van der Waals surface area (Å²) in [7, 11) is 1.44. The van der Waals surface area contributed by atoms with Crippen LogP contribution in [-0.2, 0) is 28.8 Å². The molecule has 2 aromatic rings. The minimum absolute atomic E-state index is 0.0338. The Bertz CT molecular complexity index is 980. The summed E-state index contributed by atoms with van der Waals surface area (Å²) < 4.78 is 44.9. The first kappa shape index (κ1) is 21.4. The van der Waals surface area contributed by atoms with Crippen LogP contribution in [0.5, 0.6) is 0 Å². The smallest absolute Gasteiger partial charge is 0.375 e. The van der Waals surface area contributed by atoms with Crippen LogP contribution in [0.15, 0.2) is 24.3 Å². The van der Waals surface area contributed by atoms with Crippen molar-refractivity contribution in [3.05, 3.63) is 52.3 Å². The Labute approximate surface area is 177 Å². The third kappa shape index (κ3) is 4.16. The Balaban J connectivity index is 1.43. The summed E-state index contributed by atoms with van der Waals surface area (Å²) in [6.45, 7) is 1.29. The van der Waals surface area contributed by atoms with Crippen LogP contribution in [0, 0.1) is 0 Å². The van der Waals surface area contributed by atoms with E-state index in [-0.39, 0.29) is 42.1 Å². The third-order valence-electron chi connectivity index (χ3n) is 5.96. The zero-order valence-corrected chi connectivity index (χ0v) is 17.0. The van der Waals surface area contributed by atoms with Crippen LogP contribution >= 0.6 is 0 Å². The number of amides is 2. The Hall–Kier alpha value is -2.88. The Morgan fingerprint density at radius 3 is 2.55 bits per heavy atom. The summed E-state index contributed by atoms with van der Waals surface area (Å²) in [5, 5.41) is 6.98. The predicted octanol–water partition coefficient (Wildman–Crippen LogP) is 2.94. The van der Waals surface area contributed by atoms with Crippen molar-refractivity contribution in [1.29, 1.82) is 0 Å². The fraction of sp³-hybridized carbons (Fsp3) is 0.476. The number of rotatable bonds is 4. The van der Waals surface area contributed by atoms with Gasteiger partial charge in [0.25, 0.3) is 5.91 Å². The number of piperidine rings is 1. The first-order valence-corrected chi connectivity index (χ1v) is 10.1. The molecule has 4 rings (SSSR count). The average molecular weight is 436 g/mol. The molecular weight excluding hydrogens is 413 g/mol. The van der Waals surface area contributed by atoms with Crippen LogP contribution < -0.4 is 0 Å². The SMILES string of the molecule is COCC(=O)N1Cc2[nH]nc(C(=O)N3CCC(c4ccccc4C(F)(F)F)CC3)c2C1. The van der Waals surface area contributed by atoms with Crippen LogP contribution in [0.25, 0.3) is 0 Å². The van der Waals surface area contributed by atoms with Crippen LogP contribution in [0.4, 0.5) is 13.2 Å². The van der Waals surface area contributed by atoms with Crippen molar-refractivity contribution in [2.75, 3.05) is 26.8 Å². The molecule has 0 atom stereocenters. The van der Waals surface area contributed by atoms with E-state index in [0.717, 1.165) is 11.8 Å². The monoisotopic (exact) mass is 436 g/mol. The van der Waals surface area contributed by atoms with Gasteiger partial charge in [-0.2, -0.15) is 18.3 Å². The molecule has 2 aliphatic heterocycles. The van der Waals surface area contributed by atoms with Crippen molar-refractivity contribution < 1.29 is 27.5 Å². The number of ether oxygens (including phenoxy) is 1. The Morgan fingerprint density at radius 2 is 1.87 bits per heavy atom. The van der Waals surface area contributed by atoms with Gasteiger partial charge in [0, 0.05) is 25.8 Å². The zero-order chi connectivity index (χ0) is 22.2. The lowest BCUT2D eigenvalue weighted by Gasteiger charge is -2.33. The maximum absolute atomic E-state index is 13.3. The van der Waals surface area contributed by atoms with Crippen molar-refractivity contribution in [2.45, 2.75) is 38.0 Å². The van der Waals surface area contributed by atoms with Gasteiger partial charge in [-0.25, -0.2) is 0 Å². The molecular formula is C21H23F3N4O3. The second-order valence-electron chi connectivity index (χ2n) is 7.86. The van der Waals surface area contributed by atoms with Gasteiger partial charge in [-0.05, 0) is 30.4 Å². The fourth-order valence-corrected chi connectivity index (χ4v) is 4.36. The average Bonchev–Trinajstić information content (AvgIpc) is 3.34. The lowest BCUT2D eigenvalue weighted by Crippen LogP contribution is -2.39. The number of alkyl halides is 3. The summed E-state index contributed by atoms with van der Waals surface area (Å²) in [5.74, 6) is -0.690. The van der Waals surface area contributed by atoms with E-state index < -0.39 is 11.7 Å². The molecule has 1 aromatic heterocycles. The van der Waals surface area contributed by atoms with Gasteiger partial charge in [0.1, 0.15) is 6.61 Å². The fourth-order valence-electron chi connectivity index (χ4n) is 4.36. The van der Waals surface area contributed by atoms with E-state index in [4.69, 9.17) is 4.74 Å². The van der Waals surface area contributed by atoms with Gasteiger partial charge in [0.05, 0.1) is 24.3 Å². The van der Waals surface area contributed by atoms with Crippen LogP contribution in [-0.4, -0.2) is 58.6 Å². The molecule has 1 N–H and O–H groups in total. The van der Waals surface area contributed by atoms with Crippen molar-refractivity contribution in [3.8, 4) is 0 Å². The van der Waals surface area contributed by atoms with Crippen LogP contribution in [0.2, 0.25) is 0 Å². The van der Waals surface area contributed by atoms with E-state index in [0.29, 0.717) is 38.0 Å². The molecule has 0 bridgehead atoms. The van der Waals surface area contributed by atoms with Crippen molar-refractivity contribution in [2.24, 2.45) is 0 Å². The summed E-state index contributed by atoms with van der Waals surface area (Å²) in [4.78, 5) is 28.3. The minimum Gasteiger partial charge on any atom is -0.375 e. The molecule has 0 radical (unpaired) electrons. The maximum atomic E-state index is 13.3. The number of methoxy groups -OCH3 is 1. The molecule has 0 spiro atoms. The maximum Gasteiger partial charge on any atom is 0.416 e. The second kappa shape index (κ2) is 8.33. The number of nitrogens with one attached hydrogen (secondary N) is 1. The van der Waals surface area contributed by atoms with E-state index in [9.17, 15) is 22.8 Å². The molecule has 0 unspecified atom stereocenters. The lowest BCUT2D eigenvalue weighted by molar-refractivity contribution is -0.138. The highest BCUT2D eigenvalue weighted by Gasteiger charge is 2.37. The van der Waals surface area contributed by atoms with Crippen LogP contribution in [0.3, 0.4) is 0 Å². The topological polar surface area (TPSA) is 78.5 Å². The van der Waals surface area contributed by atoms with Gasteiger partial charge in [-0.3, -0.25) is 14.7 Å². The molecule has 10 heteroatoms. The number of H-pyrrole nitrogens is 1. The predicted molar refractivity (Wildman–Crippen MR) is 104 cm³/mol. The van der Waals surface area contributed by atoms with Gasteiger partial charge < -0.3 is 14.5 Å². The van der Waals surface area contributed by atoms with Gasteiger partial charge in [0.2, 0.25) is 5.91 Å². The highest BCUT2D eigenvalue weighted by Crippen LogP contribution is 2.39. The van der Waals surface area contributed by atoms with Gasteiger partial charge in [-0.1, -0.05) is 18.2 Å². The van der Waals surface area contributed by atoms with Gasteiger partial charge in [0.15, 0.2) is 5.69 Å². The summed E-state index contributed by atoms with van der Waals surface area (Å²) >= 11 is 0. The van der Waals surface area contributed by atoms with Crippen molar-refractivity contribution in [3.63, 3.8) is 0 Å². The van der Waals surface area contributed by atoms with Crippen molar-refractivity contribution in [1.82, 2.24) is 20.0 Å². The van der Waals surface area contributed by atoms with Crippen molar-refractivity contribution >= 4 is 11.8 Å². The van der Waals surface area contributed by atoms with E-state index in [1.54, 1.807) is 15.9 Å². The molecule has 3 heterocycles. The van der Waals surface area contributed by atoms with Gasteiger partial charge in [-0.15, -0.1) is 0 Å². The van der Waals surface area contributed by atoms with Gasteiger partial charge >= 0.3 is 6.18 Å². The Morgan fingerprint density at radius 1 is 1.16 bits per heavy atom. The molecule has 1 fully saturated rings. The third-order valence-corrected chi connectivity index (χ3v) is 5.96. The Kier molecular flexibility index (Phi) is 5.74. The number of likely N-dealkylation sites (tertiary alicyclic amines) is 1. The van der Waals surface area contributed by atoms with E-state index in [1.165, 1.54) is 19.2 Å². The molecule has 1 aromatic carbocycles. The summed E-state index contributed by atoms with van der Waals surface area (Å²) in [5.41, 5.74) is 1.37. The molecule has 166 valence electrons. The lowest BCUT2D eigenvalue weighted by atomic mass is 9.86. The van der Waals surface area contributed by atoms with Crippen LogP contribution in [0.1, 0.15) is 51.6 Å². The first-order valence-electron chi connectivity index (χ1n) is 10.1. The molecule has 2 aliphatic rings. The zero-order valence-electron chi connectivity index (χ0n) is 17.0. The summed E-state index contributed by atoms with van der Waals surface area (Å²) in [6, 6.07) is 5.64. The molecule has 0 aliphatic carbocycles. The van der Waals surface area contributed by atoms with E-state index >= 15 is 0 Å². The number of aromatic nitrogens is 2. The number of aromatic amines is 1. The first-order chi connectivity index (χ1) is 14.8. The molecule has 2 amide bonds. The number of benzene rings is 1. The molecule has 0 saturated carbocycles. The number of hydrogen-bond acceptors (Lipinski definition) is 4. The number of fused-ring (bicyclic) bond motifs is 1. The molecule has 1 saturated heterocycles. The summed E-state index contributed by atoms with van der Waals surface area (Å²) in [6.07, 6.45) is -3.50.